The number of halogens is 2. The Morgan fingerprint density at radius 2 is 1.88 bits per heavy atom. The number of carbonyl (C=O) groups is 1. The van der Waals surface area contributed by atoms with Gasteiger partial charge in [-0.05, 0) is 29.8 Å². The third-order valence-electron chi connectivity index (χ3n) is 5.70. The lowest BCUT2D eigenvalue weighted by Gasteiger charge is -2.33. The number of aromatic nitrogens is 4. The van der Waals surface area contributed by atoms with E-state index < -0.39 is 29.4 Å². The Kier molecular flexibility index (Phi) is 4.73. The van der Waals surface area contributed by atoms with Crippen molar-refractivity contribution < 1.29 is 18.3 Å². The Morgan fingerprint density at radius 3 is 2.55 bits per heavy atom. The van der Waals surface area contributed by atoms with E-state index in [-0.39, 0.29) is 22.4 Å². The number of pyridine rings is 2. The lowest BCUT2D eigenvalue weighted by Crippen LogP contribution is -2.45. The van der Waals surface area contributed by atoms with E-state index in [2.05, 4.69) is 15.1 Å². The quantitative estimate of drug-likeness (QED) is 0.455. The summed E-state index contributed by atoms with van der Waals surface area (Å²) in [4.78, 5) is 22.1. The minimum atomic E-state index is -1.80. The Morgan fingerprint density at radius 1 is 1.15 bits per heavy atom. The summed E-state index contributed by atoms with van der Waals surface area (Å²) in [5.74, 6) is -1.96. The second-order valence-electron chi connectivity index (χ2n) is 7.78. The lowest BCUT2D eigenvalue weighted by atomic mass is 9.59. The average molecular weight is 441 g/mol. The molecule has 3 aromatic heterocycles. The van der Waals surface area contributed by atoms with Gasteiger partial charge < -0.3 is 9.64 Å². The first-order chi connectivity index (χ1) is 15.7. The zero-order valence-electron chi connectivity index (χ0n) is 17.7. The van der Waals surface area contributed by atoms with Crippen molar-refractivity contribution in [2.75, 3.05) is 7.11 Å². The van der Waals surface area contributed by atoms with Crippen LogP contribution in [0, 0.1) is 11.6 Å². The first kappa shape index (κ1) is 21.1. The molecular formula is C22H15B2F2N5O2. The van der Waals surface area contributed by atoms with Gasteiger partial charge in [-0.15, -0.1) is 0 Å². The summed E-state index contributed by atoms with van der Waals surface area (Å²) in [6.07, 6.45) is 4.62. The lowest BCUT2D eigenvalue weighted by molar-refractivity contribution is 0.0727. The van der Waals surface area contributed by atoms with Crippen LogP contribution in [0.1, 0.15) is 21.6 Å². The molecule has 0 spiro atoms. The third-order valence-corrected chi connectivity index (χ3v) is 5.70. The van der Waals surface area contributed by atoms with Crippen LogP contribution in [0.5, 0.6) is 5.88 Å². The van der Waals surface area contributed by atoms with Crippen molar-refractivity contribution in [2.45, 2.75) is 11.9 Å². The number of ether oxygens (including phenoxy) is 1. The molecule has 4 radical (unpaired) electrons. The first-order valence-corrected chi connectivity index (χ1v) is 9.92. The van der Waals surface area contributed by atoms with Gasteiger partial charge in [0.1, 0.15) is 11.6 Å². The molecule has 1 aromatic carbocycles. The Bertz CT molecular complexity index is 1420. The van der Waals surface area contributed by atoms with Crippen molar-refractivity contribution in [2.24, 2.45) is 7.05 Å². The zero-order valence-corrected chi connectivity index (χ0v) is 17.7. The minimum absolute atomic E-state index is 0.149. The maximum absolute atomic E-state index is 15.2. The molecular weight excluding hydrogens is 426 g/mol. The highest BCUT2D eigenvalue weighted by molar-refractivity contribution is 6.42. The molecule has 1 aliphatic heterocycles. The predicted octanol–water partition coefficient (Wildman–Crippen LogP) is 2.42. The molecule has 160 valence electrons. The second kappa shape index (κ2) is 7.40. The van der Waals surface area contributed by atoms with Crippen LogP contribution in [0.25, 0.3) is 22.0 Å². The standard InChI is InChI=1S/C22H15B2F2N5O2/c1-30-9-14-13(8-28-20(33-2)18(14)29-30)11-6-16(25)15(17(26)7-11)10-31-21(32)12-4-3-5-27-19(12)22(31,23)24/h3-9H,10H2,1-2H3. The summed E-state index contributed by atoms with van der Waals surface area (Å²) < 4.78 is 37.1. The van der Waals surface area contributed by atoms with Gasteiger partial charge in [-0.25, -0.2) is 13.8 Å². The second-order valence-corrected chi connectivity index (χ2v) is 7.78. The molecule has 0 saturated carbocycles. The van der Waals surface area contributed by atoms with E-state index >= 15 is 8.78 Å². The number of hydrogen-bond donors (Lipinski definition) is 0. The van der Waals surface area contributed by atoms with Gasteiger partial charge in [0.2, 0.25) is 5.88 Å². The van der Waals surface area contributed by atoms with Crippen LogP contribution in [0.3, 0.4) is 0 Å². The van der Waals surface area contributed by atoms with Crippen LogP contribution in [-0.4, -0.2) is 53.4 Å². The molecule has 33 heavy (non-hydrogen) atoms. The van der Waals surface area contributed by atoms with Gasteiger partial charge in [0, 0.05) is 47.5 Å². The molecule has 0 N–H and O–H groups in total. The Balaban J connectivity index is 1.55. The highest BCUT2D eigenvalue weighted by atomic mass is 19.1. The van der Waals surface area contributed by atoms with E-state index in [1.54, 1.807) is 24.0 Å². The molecule has 7 nitrogen and oxygen atoms in total. The molecule has 1 amide bonds. The number of hydrogen-bond acceptors (Lipinski definition) is 5. The number of aryl methyl sites for hydroxylation is 1. The number of benzene rings is 1. The van der Waals surface area contributed by atoms with Crippen LogP contribution in [-0.2, 0) is 18.9 Å². The van der Waals surface area contributed by atoms with E-state index in [1.807, 2.05) is 0 Å². The van der Waals surface area contributed by atoms with Gasteiger partial charge in [0.15, 0.2) is 5.52 Å². The van der Waals surface area contributed by atoms with Gasteiger partial charge in [0.05, 0.1) is 40.6 Å². The highest BCUT2D eigenvalue weighted by Crippen LogP contribution is 2.37. The minimum Gasteiger partial charge on any atom is -0.479 e. The number of rotatable bonds is 4. The monoisotopic (exact) mass is 441 g/mol. The Hall–Kier alpha value is -3.75. The van der Waals surface area contributed by atoms with Crippen LogP contribution in [0.4, 0.5) is 8.78 Å². The molecule has 0 saturated heterocycles. The van der Waals surface area contributed by atoms with Crippen LogP contribution in [0.2, 0.25) is 0 Å². The van der Waals surface area contributed by atoms with E-state index in [0.29, 0.717) is 22.3 Å². The topological polar surface area (TPSA) is 73.1 Å². The van der Waals surface area contributed by atoms with Crippen LogP contribution in [0.15, 0.2) is 42.9 Å². The highest BCUT2D eigenvalue weighted by Gasteiger charge is 2.43. The fraction of sp³-hybridized carbons (Fsp3) is 0.182. The molecule has 0 atom stereocenters. The normalized spacial score (nSPS) is 14.7. The number of methoxy groups -OCH3 is 1. The largest absolute Gasteiger partial charge is 0.479 e. The summed E-state index contributed by atoms with van der Waals surface area (Å²) in [6, 6.07) is 5.43. The third kappa shape index (κ3) is 3.18. The molecule has 1 aliphatic rings. The number of amides is 1. The molecule has 5 rings (SSSR count). The van der Waals surface area contributed by atoms with Crippen LogP contribution >= 0.6 is 0 Å². The first-order valence-electron chi connectivity index (χ1n) is 9.92. The number of fused-ring (bicyclic) bond motifs is 2. The predicted molar refractivity (Wildman–Crippen MR) is 118 cm³/mol. The molecule has 11 heteroatoms. The van der Waals surface area contributed by atoms with Gasteiger partial charge in [-0.2, -0.15) is 5.10 Å². The summed E-state index contributed by atoms with van der Waals surface area (Å²) in [5, 5.41) is 3.13. The SMILES string of the molecule is [B]C1([B])c2ncccc2C(=O)N1Cc1c(F)cc(-c2cnc(OC)c3nn(C)cc23)cc1F. The van der Waals surface area contributed by atoms with Crippen molar-refractivity contribution in [1.82, 2.24) is 24.6 Å². The molecule has 0 bridgehead atoms. The summed E-state index contributed by atoms with van der Waals surface area (Å²) >= 11 is 0. The maximum Gasteiger partial charge on any atom is 0.255 e. The fourth-order valence-corrected chi connectivity index (χ4v) is 4.09. The zero-order chi connectivity index (χ0) is 23.5. The number of nitrogens with zero attached hydrogens (tertiary/aromatic N) is 5. The fourth-order valence-electron chi connectivity index (χ4n) is 4.09. The molecule has 0 aliphatic carbocycles. The van der Waals surface area contributed by atoms with Crippen molar-refractivity contribution in [3.8, 4) is 17.0 Å². The van der Waals surface area contributed by atoms with Crippen LogP contribution < -0.4 is 4.74 Å². The van der Waals surface area contributed by atoms with E-state index in [0.717, 1.165) is 4.90 Å². The summed E-state index contributed by atoms with van der Waals surface area (Å²) in [6.45, 7) is -0.469. The maximum atomic E-state index is 15.2. The molecule has 4 aromatic rings. The van der Waals surface area contributed by atoms with Gasteiger partial charge in [0.25, 0.3) is 5.91 Å². The molecule has 0 unspecified atom stereocenters. The van der Waals surface area contributed by atoms with Gasteiger partial charge >= 0.3 is 0 Å². The molecule has 4 heterocycles. The summed E-state index contributed by atoms with van der Waals surface area (Å²) in [7, 11) is 15.4. The van der Waals surface area contributed by atoms with E-state index in [9.17, 15) is 4.79 Å². The van der Waals surface area contributed by atoms with Gasteiger partial charge in [-0.1, -0.05) is 0 Å². The van der Waals surface area contributed by atoms with Crippen molar-refractivity contribution in [1.29, 1.82) is 0 Å². The molecule has 0 fully saturated rings. The average Bonchev–Trinajstić information content (AvgIpc) is 3.26. The smallest absolute Gasteiger partial charge is 0.255 e. The summed E-state index contributed by atoms with van der Waals surface area (Å²) in [5.41, 5.74) is 1.20. The van der Waals surface area contributed by atoms with E-state index in [4.69, 9.17) is 20.4 Å². The van der Waals surface area contributed by atoms with Crippen molar-refractivity contribution in [3.63, 3.8) is 0 Å². The van der Waals surface area contributed by atoms with Crippen molar-refractivity contribution in [3.05, 3.63) is 71.3 Å². The van der Waals surface area contributed by atoms with Gasteiger partial charge in [-0.3, -0.25) is 14.5 Å². The van der Waals surface area contributed by atoms with E-state index in [1.165, 1.54) is 37.7 Å². The van der Waals surface area contributed by atoms with Crippen molar-refractivity contribution >= 4 is 32.5 Å². The Labute approximate surface area is 190 Å². The number of carbonyl (C=O) groups excluding carboxylic acids is 1.